The average Bonchev–Trinajstić information content (AvgIpc) is 2.71. The molecule has 3 nitrogen and oxygen atoms in total. The van der Waals surface area contributed by atoms with Crippen LogP contribution >= 0.6 is 11.6 Å². The van der Waals surface area contributed by atoms with Gasteiger partial charge in [-0.3, -0.25) is 0 Å². The largest absolute Gasteiger partial charge is 0.497 e. The first-order chi connectivity index (χ1) is 13.7. The van der Waals surface area contributed by atoms with Crippen LogP contribution in [0.15, 0.2) is 42.5 Å². The molecule has 28 heavy (non-hydrogen) atoms. The van der Waals surface area contributed by atoms with Crippen LogP contribution in [0.25, 0.3) is 0 Å². The van der Waals surface area contributed by atoms with Crippen LogP contribution in [-0.2, 0) is 6.54 Å². The molecule has 0 aliphatic carbocycles. The molecule has 2 aromatic rings. The van der Waals surface area contributed by atoms with Crippen LogP contribution in [0.4, 0.5) is 0 Å². The monoisotopic (exact) mass is 401 g/mol. The summed E-state index contributed by atoms with van der Waals surface area (Å²) in [5.41, 5.74) is 2.41. The summed E-state index contributed by atoms with van der Waals surface area (Å²) in [6.07, 6.45) is 8.80. The summed E-state index contributed by atoms with van der Waals surface area (Å²) >= 11 is 6.14. The molecule has 4 heteroatoms. The summed E-state index contributed by atoms with van der Waals surface area (Å²) in [4.78, 5) is 0. The smallest absolute Gasteiger partial charge is 0.128 e. The SMILES string of the molecule is CCCCCCCC1CC(NCc2cccc(Cl)c2)c2ccc(OC)cc2O1. The van der Waals surface area contributed by atoms with Crippen molar-refractivity contribution in [2.75, 3.05) is 7.11 Å². The highest BCUT2D eigenvalue weighted by atomic mass is 35.5. The second kappa shape index (κ2) is 10.7. The summed E-state index contributed by atoms with van der Waals surface area (Å²) in [6.45, 7) is 3.05. The fraction of sp³-hybridized carbons (Fsp3) is 0.500. The van der Waals surface area contributed by atoms with E-state index in [0.29, 0.717) is 0 Å². The highest BCUT2D eigenvalue weighted by Crippen LogP contribution is 2.38. The number of methoxy groups -OCH3 is 1. The van der Waals surface area contributed by atoms with Gasteiger partial charge >= 0.3 is 0 Å². The van der Waals surface area contributed by atoms with Crippen LogP contribution in [0.3, 0.4) is 0 Å². The first-order valence-corrected chi connectivity index (χ1v) is 10.9. The van der Waals surface area contributed by atoms with Gasteiger partial charge in [-0.15, -0.1) is 0 Å². The normalized spacial score (nSPS) is 18.4. The molecule has 3 rings (SSSR count). The van der Waals surface area contributed by atoms with E-state index in [0.717, 1.165) is 35.9 Å². The molecule has 2 atom stereocenters. The Morgan fingerprint density at radius 2 is 1.96 bits per heavy atom. The number of hydrogen-bond acceptors (Lipinski definition) is 3. The van der Waals surface area contributed by atoms with Gasteiger partial charge in [-0.25, -0.2) is 0 Å². The number of unbranched alkanes of at least 4 members (excludes halogenated alkanes) is 4. The van der Waals surface area contributed by atoms with E-state index in [-0.39, 0.29) is 12.1 Å². The van der Waals surface area contributed by atoms with Crippen LogP contribution in [0.5, 0.6) is 11.5 Å². The Morgan fingerprint density at radius 1 is 1.11 bits per heavy atom. The van der Waals surface area contributed by atoms with Gasteiger partial charge in [0.25, 0.3) is 0 Å². The molecule has 0 saturated heterocycles. The second-order valence-corrected chi connectivity index (χ2v) is 8.08. The Morgan fingerprint density at radius 3 is 2.75 bits per heavy atom. The Labute approximate surface area is 174 Å². The van der Waals surface area contributed by atoms with Crippen molar-refractivity contribution in [2.45, 2.75) is 70.6 Å². The van der Waals surface area contributed by atoms with Crippen molar-refractivity contribution in [2.24, 2.45) is 0 Å². The molecule has 0 radical (unpaired) electrons. The van der Waals surface area contributed by atoms with Crippen molar-refractivity contribution in [1.82, 2.24) is 5.32 Å². The van der Waals surface area contributed by atoms with E-state index in [1.807, 2.05) is 30.3 Å². The highest BCUT2D eigenvalue weighted by molar-refractivity contribution is 6.30. The number of hydrogen-bond donors (Lipinski definition) is 1. The van der Waals surface area contributed by atoms with E-state index in [9.17, 15) is 0 Å². The van der Waals surface area contributed by atoms with Crippen molar-refractivity contribution in [3.05, 3.63) is 58.6 Å². The number of fused-ring (bicyclic) bond motifs is 1. The fourth-order valence-corrected chi connectivity index (χ4v) is 4.10. The van der Waals surface area contributed by atoms with E-state index in [1.54, 1.807) is 7.11 Å². The molecule has 1 aliphatic rings. The maximum absolute atomic E-state index is 6.34. The fourth-order valence-electron chi connectivity index (χ4n) is 3.88. The van der Waals surface area contributed by atoms with Crippen molar-refractivity contribution in [3.8, 4) is 11.5 Å². The van der Waals surface area contributed by atoms with E-state index in [1.165, 1.54) is 43.2 Å². The lowest BCUT2D eigenvalue weighted by molar-refractivity contribution is 0.137. The maximum Gasteiger partial charge on any atom is 0.128 e. The number of benzene rings is 2. The van der Waals surface area contributed by atoms with Crippen LogP contribution in [0.1, 0.15) is 69.0 Å². The third kappa shape index (κ3) is 5.89. The van der Waals surface area contributed by atoms with E-state index >= 15 is 0 Å². The van der Waals surface area contributed by atoms with Gasteiger partial charge in [-0.1, -0.05) is 62.4 Å². The third-order valence-corrected chi connectivity index (χ3v) is 5.69. The molecular formula is C24H32ClNO2. The lowest BCUT2D eigenvalue weighted by Gasteiger charge is -2.33. The Kier molecular flexibility index (Phi) is 8.05. The second-order valence-electron chi connectivity index (χ2n) is 7.65. The van der Waals surface area contributed by atoms with Gasteiger partial charge in [0.2, 0.25) is 0 Å². The van der Waals surface area contributed by atoms with E-state index < -0.39 is 0 Å². The predicted octanol–water partition coefficient (Wildman–Crippen LogP) is 6.69. The standard InChI is InChI=1S/C24H32ClNO2/c1-3-4-5-6-7-11-21-15-23(26-17-18-9-8-10-19(25)14-18)22-13-12-20(27-2)16-24(22)28-21/h8-10,12-14,16,21,23,26H,3-7,11,15,17H2,1-2H3. The zero-order valence-electron chi connectivity index (χ0n) is 17.0. The van der Waals surface area contributed by atoms with Gasteiger partial charge in [-0.05, 0) is 36.6 Å². The molecule has 152 valence electrons. The molecule has 0 aromatic heterocycles. The predicted molar refractivity (Wildman–Crippen MR) is 116 cm³/mol. The number of halogens is 1. The topological polar surface area (TPSA) is 30.5 Å². The Balaban J connectivity index is 1.66. The number of nitrogens with one attached hydrogen (secondary N) is 1. The van der Waals surface area contributed by atoms with Crippen molar-refractivity contribution in [1.29, 1.82) is 0 Å². The van der Waals surface area contributed by atoms with Gasteiger partial charge < -0.3 is 14.8 Å². The zero-order chi connectivity index (χ0) is 19.8. The van der Waals surface area contributed by atoms with Gasteiger partial charge in [0.05, 0.1) is 7.11 Å². The molecule has 0 saturated carbocycles. The van der Waals surface area contributed by atoms with Gasteiger partial charge in [0.15, 0.2) is 0 Å². The van der Waals surface area contributed by atoms with E-state index in [2.05, 4.69) is 24.4 Å². The Bertz CT molecular complexity index is 749. The lowest BCUT2D eigenvalue weighted by Crippen LogP contribution is -2.32. The minimum atomic E-state index is 0.248. The minimum absolute atomic E-state index is 0.248. The van der Waals surface area contributed by atoms with Gasteiger partial charge in [0, 0.05) is 35.7 Å². The first kappa shape index (κ1) is 21.0. The molecule has 0 bridgehead atoms. The highest BCUT2D eigenvalue weighted by Gasteiger charge is 2.28. The summed E-state index contributed by atoms with van der Waals surface area (Å²) in [6, 6.07) is 14.5. The molecule has 2 unspecified atom stereocenters. The van der Waals surface area contributed by atoms with Crippen molar-refractivity contribution < 1.29 is 9.47 Å². The minimum Gasteiger partial charge on any atom is -0.497 e. The first-order valence-electron chi connectivity index (χ1n) is 10.5. The average molecular weight is 402 g/mol. The molecule has 1 aliphatic heterocycles. The van der Waals surface area contributed by atoms with Crippen molar-refractivity contribution in [3.63, 3.8) is 0 Å². The van der Waals surface area contributed by atoms with Crippen LogP contribution in [0, 0.1) is 0 Å². The number of ether oxygens (including phenoxy) is 2. The molecule has 0 spiro atoms. The molecule has 2 aromatic carbocycles. The molecule has 0 amide bonds. The lowest BCUT2D eigenvalue weighted by atomic mass is 9.93. The Hall–Kier alpha value is -1.71. The zero-order valence-corrected chi connectivity index (χ0v) is 17.8. The van der Waals surface area contributed by atoms with E-state index in [4.69, 9.17) is 21.1 Å². The summed E-state index contributed by atoms with van der Waals surface area (Å²) < 4.78 is 11.7. The third-order valence-electron chi connectivity index (χ3n) is 5.46. The summed E-state index contributed by atoms with van der Waals surface area (Å²) in [7, 11) is 1.70. The van der Waals surface area contributed by atoms with Gasteiger partial charge in [0.1, 0.15) is 17.6 Å². The molecule has 1 heterocycles. The summed E-state index contributed by atoms with van der Waals surface area (Å²) in [5, 5.41) is 4.50. The molecular weight excluding hydrogens is 370 g/mol. The molecule has 0 fully saturated rings. The van der Waals surface area contributed by atoms with Gasteiger partial charge in [-0.2, -0.15) is 0 Å². The van der Waals surface area contributed by atoms with Crippen molar-refractivity contribution >= 4 is 11.6 Å². The number of rotatable bonds is 10. The van der Waals surface area contributed by atoms with Crippen LogP contribution in [0.2, 0.25) is 5.02 Å². The summed E-state index contributed by atoms with van der Waals surface area (Å²) in [5.74, 6) is 1.80. The molecule has 1 N–H and O–H groups in total. The van der Waals surface area contributed by atoms with Crippen LogP contribution in [-0.4, -0.2) is 13.2 Å². The van der Waals surface area contributed by atoms with Crippen LogP contribution < -0.4 is 14.8 Å². The maximum atomic E-state index is 6.34. The quantitative estimate of drug-likeness (QED) is 0.450.